The van der Waals surface area contributed by atoms with Crippen molar-refractivity contribution in [2.24, 2.45) is 0 Å². The van der Waals surface area contributed by atoms with Crippen LogP contribution in [0, 0.1) is 0 Å². The molecule has 3 aromatic rings. The van der Waals surface area contributed by atoms with Crippen molar-refractivity contribution < 1.29 is 4.79 Å². The van der Waals surface area contributed by atoms with Gasteiger partial charge >= 0.3 is 0 Å². The van der Waals surface area contributed by atoms with Crippen molar-refractivity contribution in [2.75, 3.05) is 0 Å². The number of hydrogen-bond donors (Lipinski definition) is 1. The highest BCUT2D eigenvalue weighted by Gasteiger charge is 2.02. The predicted octanol–water partition coefficient (Wildman–Crippen LogP) is 4.14. The van der Waals surface area contributed by atoms with E-state index in [1.54, 1.807) is 29.7 Å². The molecule has 23 heavy (non-hydrogen) atoms. The number of carbonyl (C=O) groups is 1. The number of rotatable bonds is 5. The lowest BCUT2D eigenvalue weighted by Crippen LogP contribution is -2.20. The highest BCUT2D eigenvalue weighted by molar-refractivity contribution is 7.08. The minimum atomic E-state index is -0.116. The largest absolute Gasteiger partial charge is 0.348 e. The van der Waals surface area contributed by atoms with Gasteiger partial charge in [-0.15, -0.1) is 0 Å². The van der Waals surface area contributed by atoms with Gasteiger partial charge in [-0.05, 0) is 45.7 Å². The Hall–Kier alpha value is -2.72. The van der Waals surface area contributed by atoms with E-state index < -0.39 is 0 Å². The topological polar surface area (TPSA) is 42.0 Å². The van der Waals surface area contributed by atoms with Gasteiger partial charge in [-0.25, -0.2) is 0 Å². The number of aromatic nitrogens is 1. The third kappa shape index (κ3) is 4.37. The van der Waals surface area contributed by atoms with Crippen molar-refractivity contribution >= 4 is 23.3 Å². The van der Waals surface area contributed by atoms with Crippen molar-refractivity contribution in [2.45, 2.75) is 6.54 Å². The van der Waals surface area contributed by atoms with Gasteiger partial charge < -0.3 is 5.32 Å². The van der Waals surface area contributed by atoms with Crippen molar-refractivity contribution in [1.29, 1.82) is 0 Å². The van der Waals surface area contributed by atoms with Crippen molar-refractivity contribution in [1.82, 2.24) is 10.3 Å². The molecule has 3 nitrogen and oxygen atoms in total. The summed E-state index contributed by atoms with van der Waals surface area (Å²) in [4.78, 5) is 16.1. The van der Waals surface area contributed by atoms with Crippen LogP contribution in [-0.4, -0.2) is 10.9 Å². The second-order valence-corrected chi connectivity index (χ2v) is 5.84. The average molecular weight is 320 g/mol. The molecule has 0 saturated carbocycles. The van der Waals surface area contributed by atoms with Crippen LogP contribution in [-0.2, 0) is 11.3 Å². The van der Waals surface area contributed by atoms with E-state index in [0.717, 1.165) is 22.3 Å². The van der Waals surface area contributed by atoms with Gasteiger partial charge in [0.15, 0.2) is 0 Å². The van der Waals surface area contributed by atoms with Gasteiger partial charge in [0.1, 0.15) is 0 Å². The summed E-state index contributed by atoms with van der Waals surface area (Å²) in [6.07, 6.45) is 6.96. The summed E-state index contributed by atoms with van der Waals surface area (Å²) in [6, 6.07) is 13.9. The van der Waals surface area contributed by atoms with Gasteiger partial charge in [0.25, 0.3) is 0 Å². The summed E-state index contributed by atoms with van der Waals surface area (Å²) >= 11 is 1.66. The molecule has 0 aliphatic carbocycles. The maximum atomic E-state index is 11.9. The van der Waals surface area contributed by atoms with Gasteiger partial charge in [-0.2, -0.15) is 11.3 Å². The van der Waals surface area contributed by atoms with E-state index in [0.29, 0.717) is 6.54 Å². The first-order valence-corrected chi connectivity index (χ1v) is 8.23. The molecule has 0 aliphatic heterocycles. The third-order valence-corrected chi connectivity index (χ3v) is 4.03. The standard InChI is InChI=1S/C19H16N2OS/c22-19(7-6-15-4-2-1-3-5-15)21-12-16-10-18(13-20-11-16)17-8-9-23-14-17/h1-11,13-14H,12H2,(H,21,22)/b7-6+. The van der Waals surface area contributed by atoms with E-state index in [1.807, 2.05) is 41.9 Å². The molecule has 1 aromatic carbocycles. The van der Waals surface area contributed by atoms with Crippen LogP contribution in [0.1, 0.15) is 11.1 Å². The number of carbonyl (C=O) groups excluding carboxylic acids is 1. The molecule has 1 N–H and O–H groups in total. The molecule has 0 atom stereocenters. The van der Waals surface area contributed by atoms with Gasteiger partial charge in [0.05, 0.1) is 0 Å². The van der Waals surface area contributed by atoms with Gasteiger partial charge in [-0.1, -0.05) is 30.3 Å². The minimum absolute atomic E-state index is 0.116. The fourth-order valence-electron chi connectivity index (χ4n) is 2.16. The third-order valence-electron chi connectivity index (χ3n) is 3.34. The number of benzene rings is 1. The minimum Gasteiger partial charge on any atom is -0.348 e. The zero-order valence-electron chi connectivity index (χ0n) is 12.5. The van der Waals surface area contributed by atoms with Crippen LogP contribution in [0.2, 0.25) is 0 Å². The number of amides is 1. The Morgan fingerprint density at radius 1 is 1.13 bits per heavy atom. The van der Waals surface area contributed by atoms with Gasteiger partial charge in [0, 0.05) is 30.6 Å². The number of pyridine rings is 1. The van der Waals surface area contributed by atoms with Crippen molar-refractivity contribution in [3.05, 3.63) is 82.8 Å². The number of thiophene rings is 1. The molecular formula is C19H16N2OS. The maximum Gasteiger partial charge on any atom is 0.244 e. The number of nitrogens with one attached hydrogen (secondary N) is 1. The second kappa shape index (κ2) is 7.51. The molecule has 0 unspecified atom stereocenters. The summed E-state index contributed by atoms with van der Waals surface area (Å²) in [5.41, 5.74) is 4.21. The first kappa shape index (κ1) is 15.2. The van der Waals surface area contributed by atoms with Crippen LogP contribution in [0.25, 0.3) is 17.2 Å². The highest BCUT2D eigenvalue weighted by atomic mass is 32.1. The van der Waals surface area contributed by atoms with Crippen molar-refractivity contribution in [3.8, 4) is 11.1 Å². The molecule has 0 saturated heterocycles. The summed E-state index contributed by atoms with van der Waals surface area (Å²) in [5.74, 6) is -0.116. The Balaban J connectivity index is 1.59. The molecule has 0 bridgehead atoms. The second-order valence-electron chi connectivity index (χ2n) is 5.06. The highest BCUT2D eigenvalue weighted by Crippen LogP contribution is 2.21. The lowest BCUT2D eigenvalue weighted by Gasteiger charge is -2.04. The molecule has 1 amide bonds. The van der Waals surface area contributed by atoms with Crippen molar-refractivity contribution in [3.63, 3.8) is 0 Å². The van der Waals surface area contributed by atoms with E-state index in [-0.39, 0.29) is 5.91 Å². The van der Waals surface area contributed by atoms with E-state index in [2.05, 4.69) is 27.8 Å². The van der Waals surface area contributed by atoms with Gasteiger partial charge in [0.2, 0.25) is 5.91 Å². The van der Waals surface area contributed by atoms with Crippen LogP contribution in [0.3, 0.4) is 0 Å². The Kier molecular flexibility index (Phi) is 4.96. The molecule has 2 heterocycles. The molecule has 4 heteroatoms. The smallest absolute Gasteiger partial charge is 0.244 e. The summed E-state index contributed by atoms with van der Waals surface area (Å²) < 4.78 is 0. The first-order valence-electron chi connectivity index (χ1n) is 7.29. The normalized spacial score (nSPS) is 10.8. The molecule has 114 valence electrons. The SMILES string of the molecule is O=C(/C=C/c1ccccc1)NCc1cncc(-c2ccsc2)c1. The number of hydrogen-bond acceptors (Lipinski definition) is 3. The zero-order chi connectivity index (χ0) is 15.9. The Labute approximate surface area is 139 Å². The predicted molar refractivity (Wildman–Crippen MR) is 94.9 cm³/mol. The molecule has 3 rings (SSSR count). The van der Waals surface area contributed by atoms with E-state index in [4.69, 9.17) is 0 Å². The Morgan fingerprint density at radius 2 is 2.00 bits per heavy atom. The molecule has 0 radical (unpaired) electrons. The molecule has 0 spiro atoms. The summed E-state index contributed by atoms with van der Waals surface area (Å²) in [7, 11) is 0. The van der Waals surface area contributed by atoms with Crippen LogP contribution < -0.4 is 5.32 Å². The van der Waals surface area contributed by atoms with Crippen LogP contribution in [0.5, 0.6) is 0 Å². The quantitative estimate of drug-likeness (QED) is 0.718. The van der Waals surface area contributed by atoms with Crippen LogP contribution in [0.4, 0.5) is 0 Å². The zero-order valence-corrected chi connectivity index (χ0v) is 13.3. The molecule has 2 aromatic heterocycles. The summed E-state index contributed by atoms with van der Waals surface area (Å²) in [6.45, 7) is 0.461. The lowest BCUT2D eigenvalue weighted by atomic mass is 10.1. The number of nitrogens with zero attached hydrogens (tertiary/aromatic N) is 1. The lowest BCUT2D eigenvalue weighted by molar-refractivity contribution is -0.116. The van der Waals surface area contributed by atoms with E-state index in [1.165, 1.54) is 0 Å². The fraction of sp³-hybridized carbons (Fsp3) is 0.0526. The fourth-order valence-corrected chi connectivity index (χ4v) is 2.82. The molecule has 0 aliphatic rings. The van der Waals surface area contributed by atoms with Crippen LogP contribution >= 0.6 is 11.3 Å². The monoisotopic (exact) mass is 320 g/mol. The first-order chi connectivity index (χ1) is 11.3. The van der Waals surface area contributed by atoms with Crippen LogP contribution in [0.15, 0.2) is 71.7 Å². The van der Waals surface area contributed by atoms with E-state index >= 15 is 0 Å². The Morgan fingerprint density at radius 3 is 2.78 bits per heavy atom. The maximum absolute atomic E-state index is 11.9. The molecular weight excluding hydrogens is 304 g/mol. The summed E-state index contributed by atoms with van der Waals surface area (Å²) in [5, 5.41) is 7.00. The Bertz CT molecular complexity index is 795. The molecule has 0 fully saturated rings. The van der Waals surface area contributed by atoms with E-state index in [9.17, 15) is 4.79 Å². The van der Waals surface area contributed by atoms with Gasteiger partial charge in [-0.3, -0.25) is 9.78 Å². The average Bonchev–Trinajstić information content (AvgIpc) is 3.14.